The molecule has 4 aromatic rings. The average molecular weight is 299 g/mol. The van der Waals surface area contributed by atoms with Crippen LogP contribution in [0.2, 0.25) is 0 Å². The Kier molecular flexibility index (Phi) is 3.43. The second-order valence-electron chi connectivity index (χ2n) is 5.81. The summed E-state index contributed by atoms with van der Waals surface area (Å²) in [6.07, 6.45) is 0.848. The van der Waals surface area contributed by atoms with Gasteiger partial charge < -0.3 is 4.42 Å². The molecule has 3 aromatic carbocycles. The predicted octanol–water partition coefficient (Wildman–Crippen LogP) is 5.39. The lowest BCUT2D eigenvalue weighted by Crippen LogP contribution is -1.87. The first kappa shape index (κ1) is 13.8. The predicted molar refractivity (Wildman–Crippen MR) is 93.4 cm³/mol. The Hall–Kier alpha value is -2.87. The van der Waals surface area contributed by atoms with E-state index in [1.54, 1.807) is 0 Å². The zero-order valence-corrected chi connectivity index (χ0v) is 13.0. The Labute approximate surface area is 135 Å². The molecule has 0 saturated carbocycles. The summed E-state index contributed by atoms with van der Waals surface area (Å²) in [6.45, 7) is 2.08. The fourth-order valence-corrected chi connectivity index (χ4v) is 2.78. The summed E-state index contributed by atoms with van der Waals surface area (Å²) in [7, 11) is 0. The summed E-state index contributed by atoms with van der Waals surface area (Å²) in [5.41, 5.74) is 6.47. The van der Waals surface area contributed by atoms with Crippen LogP contribution in [0.25, 0.3) is 22.6 Å². The second-order valence-corrected chi connectivity index (χ2v) is 5.81. The molecule has 0 fully saturated rings. The largest absolute Gasteiger partial charge is 0.436 e. The molecule has 0 amide bonds. The Morgan fingerprint density at radius 3 is 2.39 bits per heavy atom. The molecule has 0 spiro atoms. The summed E-state index contributed by atoms with van der Waals surface area (Å²) in [5, 5.41) is 0. The van der Waals surface area contributed by atoms with Crippen molar-refractivity contribution in [3.05, 3.63) is 89.5 Å². The molecule has 2 nitrogen and oxygen atoms in total. The molecule has 1 aromatic heterocycles. The van der Waals surface area contributed by atoms with Gasteiger partial charge in [0.05, 0.1) is 0 Å². The fourth-order valence-electron chi connectivity index (χ4n) is 2.78. The highest BCUT2D eigenvalue weighted by Gasteiger charge is 2.11. The van der Waals surface area contributed by atoms with E-state index in [0.29, 0.717) is 5.89 Å². The molecule has 4 rings (SSSR count). The first-order chi connectivity index (χ1) is 11.3. The number of fused-ring (bicyclic) bond motifs is 1. The summed E-state index contributed by atoms with van der Waals surface area (Å²) >= 11 is 0. The lowest BCUT2D eigenvalue weighted by molar-refractivity contribution is 0.616. The molecule has 0 radical (unpaired) electrons. The summed E-state index contributed by atoms with van der Waals surface area (Å²) in [6, 6.07) is 24.9. The van der Waals surface area contributed by atoms with Crippen LogP contribution in [-0.4, -0.2) is 4.98 Å². The lowest BCUT2D eigenvalue weighted by atomic mass is 10.0. The molecular weight excluding hydrogens is 282 g/mol. The zero-order chi connectivity index (χ0) is 15.6. The molecule has 0 aliphatic heterocycles. The molecule has 0 aliphatic carbocycles. The minimum absolute atomic E-state index is 0.681. The van der Waals surface area contributed by atoms with Crippen LogP contribution in [0.3, 0.4) is 0 Å². The molecule has 0 unspecified atom stereocenters. The van der Waals surface area contributed by atoms with Gasteiger partial charge in [0.1, 0.15) is 5.52 Å². The van der Waals surface area contributed by atoms with Crippen LogP contribution >= 0.6 is 0 Å². The van der Waals surface area contributed by atoms with Crippen molar-refractivity contribution in [2.75, 3.05) is 0 Å². The van der Waals surface area contributed by atoms with E-state index in [9.17, 15) is 0 Å². The highest BCUT2D eigenvalue weighted by atomic mass is 16.3. The molecule has 0 bridgehead atoms. The molecule has 2 heteroatoms. The number of hydrogen-bond donors (Lipinski definition) is 0. The van der Waals surface area contributed by atoms with Crippen LogP contribution in [0.15, 0.2) is 77.2 Å². The standard InChI is InChI=1S/C21H17NO/c1-15-10-12-17(13-11-15)21-22-19-9-5-8-18(20(19)23-21)14-16-6-3-2-4-7-16/h2-13H,14H2,1H3. The van der Waals surface area contributed by atoms with Gasteiger partial charge in [-0.3, -0.25) is 0 Å². The van der Waals surface area contributed by atoms with Gasteiger partial charge in [0.25, 0.3) is 0 Å². The van der Waals surface area contributed by atoms with Gasteiger partial charge in [-0.2, -0.15) is 0 Å². The maximum absolute atomic E-state index is 6.09. The van der Waals surface area contributed by atoms with Crippen LogP contribution in [0.4, 0.5) is 0 Å². The van der Waals surface area contributed by atoms with Gasteiger partial charge >= 0.3 is 0 Å². The van der Waals surface area contributed by atoms with E-state index in [4.69, 9.17) is 4.42 Å². The minimum atomic E-state index is 0.681. The topological polar surface area (TPSA) is 26.0 Å². The number of oxazole rings is 1. The van der Waals surface area contributed by atoms with Gasteiger partial charge in [0.15, 0.2) is 5.58 Å². The average Bonchev–Trinajstić information content (AvgIpc) is 3.02. The smallest absolute Gasteiger partial charge is 0.227 e. The molecule has 1 heterocycles. The number of rotatable bonds is 3. The maximum Gasteiger partial charge on any atom is 0.227 e. The van der Waals surface area contributed by atoms with Crippen molar-refractivity contribution in [3.8, 4) is 11.5 Å². The van der Waals surface area contributed by atoms with Crippen molar-refractivity contribution in [3.63, 3.8) is 0 Å². The van der Waals surface area contributed by atoms with Crippen LogP contribution in [0.5, 0.6) is 0 Å². The summed E-state index contributed by atoms with van der Waals surface area (Å²) in [5.74, 6) is 0.681. The van der Waals surface area contributed by atoms with E-state index in [0.717, 1.165) is 23.1 Å². The first-order valence-electron chi connectivity index (χ1n) is 7.79. The Balaban J connectivity index is 1.77. The van der Waals surface area contributed by atoms with Crippen LogP contribution < -0.4 is 0 Å². The highest BCUT2D eigenvalue weighted by molar-refractivity contribution is 5.79. The SMILES string of the molecule is Cc1ccc(-c2nc3cccc(Cc4ccccc4)c3o2)cc1. The van der Waals surface area contributed by atoms with Crippen molar-refractivity contribution >= 4 is 11.1 Å². The van der Waals surface area contributed by atoms with Crippen molar-refractivity contribution < 1.29 is 4.42 Å². The number of aromatic nitrogens is 1. The Morgan fingerprint density at radius 2 is 1.61 bits per heavy atom. The van der Waals surface area contributed by atoms with Gasteiger partial charge in [-0.15, -0.1) is 0 Å². The van der Waals surface area contributed by atoms with E-state index >= 15 is 0 Å². The van der Waals surface area contributed by atoms with Gasteiger partial charge in [0.2, 0.25) is 5.89 Å². The van der Waals surface area contributed by atoms with Crippen molar-refractivity contribution in [2.24, 2.45) is 0 Å². The monoisotopic (exact) mass is 299 g/mol. The van der Waals surface area contributed by atoms with Crippen LogP contribution in [-0.2, 0) is 6.42 Å². The molecule has 0 N–H and O–H groups in total. The summed E-state index contributed by atoms with van der Waals surface area (Å²) in [4.78, 5) is 4.65. The summed E-state index contributed by atoms with van der Waals surface area (Å²) < 4.78 is 6.09. The van der Waals surface area contributed by atoms with E-state index < -0.39 is 0 Å². The molecule has 112 valence electrons. The number of benzene rings is 3. The number of nitrogens with zero attached hydrogens (tertiary/aromatic N) is 1. The van der Waals surface area contributed by atoms with Crippen molar-refractivity contribution in [1.82, 2.24) is 4.98 Å². The number of aryl methyl sites for hydroxylation is 1. The van der Waals surface area contributed by atoms with Crippen LogP contribution in [0.1, 0.15) is 16.7 Å². The van der Waals surface area contributed by atoms with Crippen LogP contribution in [0, 0.1) is 6.92 Å². The number of hydrogen-bond acceptors (Lipinski definition) is 2. The Morgan fingerprint density at radius 1 is 0.826 bits per heavy atom. The molecule has 0 atom stereocenters. The van der Waals surface area contributed by atoms with Gasteiger partial charge in [0, 0.05) is 17.5 Å². The molecular formula is C21H17NO. The van der Waals surface area contributed by atoms with Crippen molar-refractivity contribution in [1.29, 1.82) is 0 Å². The third kappa shape index (κ3) is 2.76. The van der Waals surface area contributed by atoms with Gasteiger partial charge in [-0.1, -0.05) is 60.2 Å². The Bertz CT molecular complexity index is 937. The quantitative estimate of drug-likeness (QED) is 0.506. The van der Waals surface area contributed by atoms with E-state index in [-0.39, 0.29) is 0 Å². The normalized spacial score (nSPS) is 11.0. The second kappa shape index (κ2) is 5.73. The first-order valence-corrected chi connectivity index (χ1v) is 7.79. The maximum atomic E-state index is 6.09. The van der Waals surface area contributed by atoms with Gasteiger partial charge in [-0.05, 0) is 30.7 Å². The fraction of sp³-hybridized carbons (Fsp3) is 0.0952. The van der Waals surface area contributed by atoms with Crippen molar-refractivity contribution in [2.45, 2.75) is 13.3 Å². The van der Waals surface area contributed by atoms with Gasteiger partial charge in [-0.25, -0.2) is 4.98 Å². The molecule has 0 saturated heterocycles. The van der Waals surface area contributed by atoms with E-state index in [1.807, 2.05) is 18.2 Å². The molecule has 0 aliphatic rings. The minimum Gasteiger partial charge on any atom is -0.436 e. The van der Waals surface area contributed by atoms with E-state index in [2.05, 4.69) is 66.5 Å². The lowest BCUT2D eigenvalue weighted by Gasteiger charge is -2.02. The number of para-hydroxylation sites is 1. The zero-order valence-electron chi connectivity index (χ0n) is 13.0. The highest BCUT2D eigenvalue weighted by Crippen LogP contribution is 2.28. The molecule has 23 heavy (non-hydrogen) atoms. The van der Waals surface area contributed by atoms with E-state index in [1.165, 1.54) is 16.7 Å². The third-order valence-corrected chi connectivity index (χ3v) is 4.03. The third-order valence-electron chi connectivity index (χ3n) is 4.03.